The van der Waals surface area contributed by atoms with Gasteiger partial charge in [-0.25, -0.2) is 9.59 Å². The van der Waals surface area contributed by atoms with E-state index in [4.69, 9.17) is 10.1 Å². The maximum Gasteiger partial charge on any atom is 0.374 e. The number of nitrogens with one attached hydrogen (secondary N) is 1. The number of hydrogen-bond acceptors (Lipinski definition) is 6. The predicted molar refractivity (Wildman–Crippen MR) is 60.9 cm³/mol. The molecule has 0 saturated carbocycles. The third-order valence-electron chi connectivity index (χ3n) is 1.49. The number of hydrogen-bond donors (Lipinski definition) is 2. The van der Waals surface area contributed by atoms with Crippen LogP contribution in [0.3, 0.4) is 0 Å². The van der Waals surface area contributed by atoms with Crippen molar-refractivity contribution in [2.75, 3.05) is 6.61 Å². The summed E-state index contributed by atoms with van der Waals surface area (Å²) in [5.74, 6) is -2.92. The van der Waals surface area contributed by atoms with Crippen molar-refractivity contribution in [3.63, 3.8) is 0 Å². The van der Waals surface area contributed by atoms with Crippen LogP contribution >= 0.6 is 0 Å². The van der Waals surface area contributed by atoms with Crippen LogP contribution in [-0.2, 0) is 19.1 Å². The standard InChI is InChI=1S/C11H17NO5/c1-5-16-10(15)8(13)7(6-12)9(14)17-11(2,3)4/h6,12-13H,5H2,1-4H3/b8-7+,12-6?. The van der Waals surface area contributed by atoms with Gasteiger partial charge in [0.15, 0.2) is 0 Å². The average Bonchev–Trinajstić information content (AvgIpc) is 2.16. The predicted octanol–water partition coefficient (Wildman–Crippen LogP) is 1.35. The number of carbonyl (C=O) groups is 2. The van der Waals surface area contributed by atoms with Crippen molar-refractivity contribution in [3.8, 4) is 0 Å². The average molecular weight is 243 g/mol. The molecule has 96 valence electrons. The molecule has 0 bridgehead atoms. The number of ether oxygens (including phenoxy) is 2. The van der Waals surface area contributed by atoms with Gasteiger partial charge in [0, 0.05) is 6.21 Å². The monoisotopic (exact) mass is 243 g/mol. The highest BCUT2D eigenvalue weighted by Crippen LogP contribution is 2.12. The van der Waals surface area contributed by atoms with E-state index in [1.165, 1.54) is 0 Å². The van der Waals surface area contributed by atoms with Gasteiger partial charge in [0.2, 0.25) is 5.76 Å². The van der Waals surface area contributed by atoms with Crippen LogP contribution < -0.4 is 0 Å². The van der Waals surface area contributed by atoms with Crippen LogP contribution in [0.15, 0.2) is 11.3 Å². The van der Waals surface area contributed by atoms with Gasteiger partial charge in [0.1, 0.15) is 11.2 Å². The third-order valence-corrected chi connectivity index (χ3v) is 1.49. The Morgan fingerprint density at radius 2 is 1.82 bits per heavy atom. The summed E-state index contributed by atoms with van der Waals surface area (Å²) in [4.78, 5) is 22.7. The highest BCUT2D eigenvalue weighted by molar-refractivity contribution is 6.13. The second-order valence-electron chi connectivity index (χ2n) is 4.13. The minimum absolute atomic E-state index is 0.0580. The highest BCUT2D eigenvalue weighted by Gasteiger charge is 2.25. The molecule has 0 heterocycles. The zero-order valence-electron chi connectivity index (χ0n) is 10.4. The molecule has 6 heteroatoms. The van der Waals surface area contributed by atoms with Crippen LogP contribution in [0, 0.1) is 5.41 Å². The van der Waals surface area contributed by atoms with Gasteiger partial charge in [-0.15, -0.1) is 0 Å². The molecular formula is C11H17NO5. The molecule has 6 nitrogen and oxygen atoms in total. The van der Waals surface area contributed by atoms with Gasteiger partial charge >= 0.3 is 11.9 Å². The van der Waals surface area contributed by atoms with Gasteiger partial charge in [-0.05, 0) is 27.7 Å². The molecule has 0 spiro atoms. The molecule has 0 saturated heterocycles. The van der Waals surface area contributed by atoms with E-state index in [0.29, 0.717) is 6.21 Å². The molecular weight excluding hydrogens is 226 g/mol. The van der Waals surface area contributed by atoms with Gasteiger partial charge in [0.05, 0.1) is 6.61 Å². The third kappa shape index (κ3) is 5.14. The number of rotatable bonds is 4. The molecule has 0 aliphatic rings. The van der Waals surface area contributed by atoms with Crippen molar-refractivity contribution >= 4 is 18.2 Å². The van der Waals surface area contributed by atoms with E-state index < -0.39 is 28.9 Å². The molecule has 0 aromatic rings. The smallest absolute Gasteiger partial charge is 0.374 e. The summed E-state index contributed by atoms with van der Waals surface area (Å²) >= 11 is 0. The summed E-state index contributed by atoms with van der Waals surface area (Å²) in [5.41, 5.74) is -1.31. The van der Waals surface area contributed by atoms with E-state index in [-0.39, 0.29) is 6.61 Å². The summed E-state index contributed by atoms with van der Waals surface area (Å²) in [6, 6.07) is 0. The summed E-state index contributed by atoms with van der Waals surface area (Å²) in [6.07, 6.45) is 0.556. The number of esters is 2. The first-order chi connectivity index (χ1) is 7.72. The summed E-state index contributed by atoms with van der Waals surface area (Å²) in [7, 11) is 0. The maximum absolute atomic E-state index is 11.5. The first kappa shape index (κ1) is 15.2. The number of aliphatic hydroxyl groups excluding tert-OH is 1. The SMILES string of the molecule is CCOC(=O)/C(O)=C(/C=N)C(=O)OC(C)(C)C. The Hall–Kier alpha value is -1.85. The van der Waals surface area contributed by atoms with Gasteiger partial charge in [-0.3, -0.25) is 0 Å². The maximum atomic E-state index is 11.5. The van der Waals surface area contributed by atoms with E-state index in [2.05, 4.69) is 4.74 Å². The van der Waals surface area contributed by atoms with Crippen molar-refractivity contribution in [2.45, 2.75) is 33.3 Å². The van der Waals surface area contributed by atoms with Crippen LogP contribution in [0.1, 0.15) is 27.7 Å². The van der Waals surface area contributed by atoms with E-state index in [0.717, 1.165) is 0 Å². The second-order valence-corrected chi connectivity index (χ2v) is 4.13. The molecule has 0 fully saturated rings. The molecule has 0 aromatic carbocycles. The molecule has 0 unspecified atom stereocenters. The topological polar surface area (TPSA) is 96.7 Å². The zero-order chi connectivity index (χ0) is 13.6. The molecule has 17 heavy (non-hydrogen) atoms. The fraction of sp³-hybridized carbons (Fsp3) is 0.545. The lowest BCUT2D eigenvalue weighted by molar-refractivity contribution is -0.150. The number of aliphatic hydroxyl groups is 1. The molecule has 0 rings (SSSR count). The van der Waals surface area contributed by atoms with Crippen molar-refractivity contribution < 1.29 is 24.2 Å². The molecule has 2 N–H and O–H groups in total. The van der Waals surface area contributed by atoms with Gasteiger partial charge in [0.25, 0.3) is 0 Å². The van der Waals surface area contributed by atoms with Crippen molar-refractivity contribution in [1.82, 2.24) is 0 Å². The van der Waals surface area contributed by atoms with E-state index in [1.54, 1.807) is 27.7 Å². The van der Waals surface area contributed by atoms with E-state index in [9.17, 15) is 14.7 Å². The van der Waals surface area contributed by atoms with Crippen molar-refractivity contribution in [2.24, 2.45) is 0 Å². The largest absolute Gasteiger partial charge is 0.501 e. The summed E-state index contributed by atoms with van der Waals surface area (Å²) < 4.78 is 9.43. The van der Waals surface area contributed by atoms with Crippen LogP contribution in [0.25, 0.3) is 0 Å². The quantitative estimate of drug-likeness (QED) is 0.336. The molecule has 0 aliphatic heterocycles. The fourth-order valence-corrected chi connectivity index (χ4v) is 0.866. The highest BCUT2D eigenvalue weighted by atomic mass is 16.6. The van der Waals surface area contributed by atoms with Crippen molar-refractivity contribution in [3.05, 3.63) is 11.3 Å². The van der Waals surface area contributed by atoms with E-state index >= 15 is 0 Å². The van der Waals surface area contributed by atoms with E-state index in [1.807, 2.05) is 0 Å². The Morgan fingerprint density at radius 3 is 2.18 bits per heavy atom. The van der Waals surface area contributed by atoms with Crippen LogP contribution in [-0.4, -0.2) is 35.5 Å². The first-order valence-corrected chi connectivity index (χ1v) is 5.07. The normalized spacial score (nSPS) is 12.5. The van der Waals surface area contributed by atoms with Crippen LogP contribution in [0.2, 0.25) is 0 Å². The van der Waals surface area contributed by atoms with Gasteiger partial charge < -0.3 is 20.0 Å². The van der Waals surface area contributed by atoms with Crippen LogP contribution in [0.5, 0.6) is 0 Å². The molecule has 0 aliphatic carbocycles. The van der Waals surface area contributed by atoms with Crippen molar-refractivity contribution in [1.29, 1.82) is 5.41 Å². The molecule has 0 aromatic heterocycles. The first-order valence-electron chi connectivity index (χ1n) is 5.07. The molecule has 0 amide bonds. The Morgan fingerprint density at radius 1 is 1.29 bits per heavy atom. The summed E-state index contributed by atoms with van der Waals surface area (Å²) in [6.45, 7) is 6.51. The molecule has 0 radical (unpaired) electrons. The fourth-order valence-electron chi connectivity index (χ4n) is 0.866. The lowest BCUT2D eigenvalue weighted by atomic mass is 10.2. The number of carbonyl (C=O) groups excluding carboxylic acids is 2. The van der Waals surface area contributed by atoms with Gasteiger partial charge in [-0.1, -0.05) is 0 Å². The Bertz CT molecular complexity index is 351. The Kier molecular flexibility index (Phi) is 5.37. The van der Waals surface area contributed by atoms with Crippen LogP contribution in [0.4, 0.5) is 0 Å². The minimum Gasteiger partial charge on any atom is -0.501 e. The molecule has 0 atom stereocenters. The lowest BCUT2D eigenvalue weighted by Gasteiger charge is -2.19. The summed E-state index contributed by atoms with van der Waals surface area (Å²) in [5, 5.41) is 16.4. The Labute approximate surface area is 99.7 Å². The van der Waals surface area contributed by atoms with Gasteiger partial charge in [-0.2, -0.15) is 0 Å². The lowest BCUT2D eigenvalue weighted by Crippen LogP contribution is -2.27. The second kappa shape index (κ2) is 6.03. The Balaban J connectivity index is 5.05. The zero-order valence-corrected chi connectivity index (χ0v) is 10.4. The minimum atomic E-state index is -1.06.